The lowest BCUT2D eigenvalue weighted by molar-refractivity contribution is -0.120. The number of hydrogen-bond donors (Lipinski definition) is 1. The van der Waals surface area contributed by atoms with Crippen molar-refractivity contribution in [3.05, 3.63) is 54.1 Å². The van der Waals surface area contributed by atoms with Gasteiger partial charge in [0.05, 0.1) is 24.4 Å². The Labute approximate surface area is 159 Å². The molecule has 1 amide bonds. The van der Waals surface area contributed by atoms with Crippen LogP contribution in [-0.4, -0.2) is 24.6 Å². The average molecular weight is 361 g/mol. The van der Waals surface area contributed by atoms with Crippen LogP contribution in [0.15, 0.2) is 58.5 Å². The van der Waals surface area contributed by atoms with E-state index in [1.165, 1.54) is 0 Å². The van der Waals surface area contributed by atoms with E-state index in [9.17, 15) is 4.79 Å². The number of nitrogens with one attached hydrogen (secondary N) is 1. The number of methoxy groups -OCH3 is 1. The van der Waals surface area contributed by atoms with Crippen molar-refractivity contribution in [1.82, 2.24) is 5.32 Å². The first-order chi connectivity index (χ1) is 13.2. The number of aliphatic imine (C=N–C) groups is 2. The normalized spacial score (nSPS) is 18.7. The predicted octanol–water partition coefficient (Wildman–Crippen LogP) is 4.53. The van der Waals surface area contributed by atoms with E-state index in [-0.39, 0.29) is 17.7 Å². The molecule has 5 heteroatoms. The third-order valence-electron chi connectivity index (χ3n) is 5.00. The van der Waals surface area contributed by atoms with Gasteiger partial charge < -0.3 is 10.1 Å². The SMILES string of the molecule is CCC1=Nc2ccccc2N=C(NC(=O)C2CC2)[C@H]1c1ccc(OC)cc1. The zero-order valence-corrected chi connectivity index (χ0v) is 15.6. The van der Waals surface area contributed by atoms with Crippen LogP contribution in [0.1, 0.15) is 37.7 Å². The maximum Gasteiger partial charge on any atom is 0.228 e. The van der Waals surface area contributed by atoms with Crippen molar-refractivity contribution in [2.75, 3.05) is 7.11 Å². The van der Waals surface area contributed by atoms with Crippen molar-refractivity contribution in [3.8, 4) is 5.75 Å². The lowest BCUT2D eigenvalue weighted by Crippen LogP contribution is -2.38. The number of ether oxygens (including phenoxy) is 1. The van der Waals surface area contributed by atoms with Crippen LogP contribution in [0.4, 0.5) is 11.4 Å². The number of amidine groups is 1. The van der Waals surface area contributed by atoms with Crippen molar-refractivity contribution in [2.45, 2.75) is 32.1 Å². The molecule has 0 spiro atoms. The Kier molecular flexibility index (Phi) is 4.75. The molecule has 1 saturated carbocycles. The lowest BCUT2D eigenvalue weighted by Gasteiger charge is -2.21. The van der Waals surface area contributed by atoms with Gasteiger partial charge in [-0.1, -0.05) is 31.2 Å². The first-order valence-corrected chi connectivity index (χ1v) is 9.39. The lowest BCUT2D eigenvalue weighted by atomic mass is 9.91. The predicted molar refractivity (Wildman–Crippen MR) is 108 cm³/mol. The van der Waals surface area contributed by atoms with E-state index < -0.39 is 0 Å². The van der Waals surface area contributed by atoms with Crippen LogP contribution >= 0.6 is 0 Å². The Morgan fingerprint density at radius 2 is 1.74 bits per heavy atom. The van der Waals surface area contributed by atoms with E-state index >= 15 is 0 Å². The fourth-order valence-corrected chi connectivity index (χ4v) is 3.33. The Hall–Kier alpha value is -2.95. The highest BCUT2D eigenvalue weighted by atomic mass is 16.5. The first-order valence-electron chi connectivity index (χ1n) is 9.39. The quantitative estimate of drug-likeness (QED) is 0.869. The van der Waals surface area contributed by atoms with Gasteiger partial charge >= 0.3 is 0 Å². The number of rotatable bonds is 4. The Morgan fingerprint density at radius 1 is 1.07 bits per heavy atom. The number of para-hydroxylation sites is 2. The highest BCUT2D eigenvalue weighted by molar-refractivity contribution is 6.18. The minimum absolute atomic E-state index is 0.0575. The van der Waals surface area contributed by atoms with Crippen LogP contribution < -0.4 is 10.1 Å². The Balaban J connectivity index is 1.81. The van der Waals surface area contributed by atoms with Crippen molar-refractivity contribution in [2.24, 2.45) is 15.9 Å². The number of benzene rings is 2. The smallest absolute Gasteiger partial charge is 0.228 e. The molecular weight excluding hydrogens is 338 g/mol. The number of amides is 1. The van der Waals surface area contributed by atoms with Crippen molar-refractivity contribution < 1.29 is 9.53 Å². The molecule has 1 heterocycles. The molecular formula is C22H23N3O2. The highest BCUT2D eigenvalue weighted by Crippen LogP contribution is 2.36. The second-order valence-electron chi connectivity index (χ2n) is 6.91. The van der Waals surface area contributed by atoms with Crippen molar-refractivity contribution in [3.63, 3.8) is 0 Å². The van der Waals surface area contributed by atoms with E-state index in [4.69, 9.17) is 14.7 Å². The largest absolute Gasteiger partial charge is 0.497 e. The second-order valence-corrected chi connectivity index (χ2v) is 6.91. The van der Waals surface area contributed by atoms with Crippen molar-refractivity contribution >= 4 is 28.8 Å². The molecule has 138 valence electrons. The molecule has 1 atom stereocenters. The summed E-state index contributed by atoms with van der Waals surface area (Å²) in [5.41, 5.74) is 3.65. The molecule has 1 N–H and O–H groups in total. The van der Waals surface area contributed by atoms with Gasteiger partial charge in [-0.05, 0) is 49.1 Å². The third kappa shape index (κ3) is 3.63. The van der Waals surface area contributed by atoms with Crippen molar-refractivity contribution in [1.29, 1.82) is 0 Å². The third-order valence-corrected chi connectivity index (χ3v) is 5.00. The van der Waals surface area contributed by atoms with Crippen LogP contribution in [0.2, 0.25) is 0 Å². The second kappa shape index (κ2) is 7.35. The zero-order valence-electron chi connectivity index (χ0n) is 15.6. The molecule has 0 aromatic heterocycles. The van der Waals surface area contributed by atoms with E-state index in [1.807, 2.05) is 48.5 Å². The van der Waals surface area contributed by atoms with Crippen LogP contribution in [0.5, 0.6) is 5.75 Å². The standard InChI is InChI=1S/C22H23N3O2/c1-3-17-20(14-10-12-16(27-2)13-11-14)21(25-22(26)15-8-9-15)24-19-7-5-4-6-18(19)23-17/h4-7,10-13,15,20H,3,8-9H2,1-2H3,(H,24,25,26)/t20-/m0/s1. The van der Waals surface area contributed by atoms with Crippen LogP contribution in [0, 0.1) is 5.92 Å². The summed E-state index contributed by atoms with van der Waals surface area (Å²) in [5, 5.41) is 3.10. The summed E-state index contributed by atoms with van der Waals surface area (Å²) < 4.78 is 5.29. The first kappa shape index (κ1) is 17.5. The molecule has 0 radical (unpaired) electrons. The monoisotopic (exact) mass is 361 g/mol. The molecule has 0 unspecified atom stereocenters. The number of hydrogen-bond acceptors (Lipinski definition) is 4. The number of nitrogens with zero attached hydrogens (tertiary/aromatic N) is 2. The average Bonchev–Trinajstić information content (AvgIpc) is 3.54. The molecule has 5 nitrogen and oxygen atoms in total. The molecule has 2 aromatic carbocycles. The topological polar surface area (TPSA) is 63.0 Å². The number of carbonyl (C=O) groups is 1. The summed E-state index contributed by atoms with van der Waals surface area (Å²) in [4.78, 5) is 22.2. The van der Waals surface area contributed by atoms with Gasteiger partial charge in [0.1, 0.15) is 11.6 Å². The zero-order chi connectivity index (χ0) is 18.8. The summed E-state index contributed by atoms with van der Waals surface area (Å²) in [6.45, 7) is 2.09. The number of fused-ring (bicyclic) bond motifs is 1. The number of carbonyl (C=O) groups excluding carboxylic acids is 1. The van der Waals surface area contributed by atoms with Gasteiger partial charge in [0.25, 0.3) is 0 Å². The van der Waals surface area contributed by atoms with Gasteiger partial charge in [0.15, 0.2) is 0 Å². The maximum absolute atomic E-state index is 12.5. The fourth-order valence-electron chi connectivity index (χ4n) is 3.33. The molecule has 2 aromatic rings. The van der Waals surface area contributed by atoms with Gasteiger partial charge in [-0.3, -0.25) is 9.79 Å². The minimum atomic E-state index is -0.184. The van der Waals surface area contributed by atoms with Gasteiger partial charge in [-0.2, -0.15) is 0 Å². The van der Waals surface area contributed by atoms with E-state index in [0.29, 0.717) is 5.84 Å². The van der Waals surface area contributed by atoms with E-state index in [0.717, 1.165) is 47.7 Å². The molecule has 0 bridgehead atoms. The summed E-state index contributed by atoms with van der Waals surface area (Å²) in [7, 11) is 1.65. The molecule has 1 fully saturated rings. The fraction of sp³-hybridized carbons (Fsp3) is 0.318. The summed E-state index contributed by atoms with van der Waals surface area (Å²) >= 11 is 0. The van der Waals surface area contributed by atoms with Crippen LogP contribution in [-0.2, 0) is 4.79 Å². The van der Waals surface area contributed by atoms with Gasteiger partial charge in [-0.15, -0.1) is 0 Å². The summed E-state index contributed by atoms with van der Waals surface area (Å²) in [6, 6.07) is 15.7. The van der Waals surface area contributed by atoms with Gasteiger partial charge in [-0.25, -0.2) is 4.99 Å². The van der Waals surface area contributed by atoms with Gasteiger partial charge in [0, 0.05) is 11.6 Å². The Morgan fingerprint density at radius 3 is 2.33 bits per heavy atom. The molecule has 1 aliphatic heterocycles. The summed E-state index contributed by atoms with van der Waals surface area (Å²) in [5.74, 6) is 1.44. The molecule has 1 aliphatic carbocycles. The van der Waals surface area contributed by atoms with Crippen LogP contribution in [0.3, 0.4) is 0 Å². The maximum atomic E-state index is 12.5. The van der Waals surface area contributed by atoms with E-state index in [1.54, 1.807) is 7.11 Å². The van der Waals surface area contributed by atoms with E-state index in [2.05, 4.69) is 12.2 Å². The molecule has 0 saturated heterocycles. The minimum Gasteiger partial charge on any atom is -0.497 e. The molecule has 27 heavy (non-hydrogen) atoms. The Bertz CT molecular complexity index is 911. The van der Waals surface area contributed by atoms with Gasteiger partial charge in [0.2, 0.25) is 5.91 Å². The van der Waals surface area contributed by atoms with Crippen LogP contribution in [0.25, 0.3) is 0 Å². The summed E-state index contributed by atoms with van der Waals surface area (Å²) in [6.07, 6.45) is 2.68. The molecule has 2 aliphatic rings. The molecule has 4 rings (SSSR count). The highest BCUT2D eigenvalue weighted by Gasteiger charge is 2.34.